The molecule has 2 N–H and O–H groups in total. The lowest BCUT2D eigenvalue weighted by Crippen LogP contribution is -2.48. The molecule has 2 heterocycles. The number of nitrogens with one attached hydrogen (secondary N) is 2. The van der Waals surface area contributed by atoms with Crippen LogP contribution in [0.4, 0.5) is 5.69 Å². The fourth-order valence-electron chi connectivity index (χ4n) is 2.61. The number of hydrogen-bond acceptors (Lipinski definition) is 7. The van der Waals surface area contributed by atoms with Crippen molar-refractivity contribution in [2.75, 3.05) is 12.0 Å². The number of aromatic nitrogens is 1. The summed E-state index contributed by atoms with van der Waals surface area (Å²) < 4.78 is 4.61. The number of rotatable bonds is 5. The summed E-state index contributed by atoms with van der Waals surface area (Å²) in [6.07, 6.45) is 2.84. The number of amides is 3. The maximum Gasteiger partial charge on any atom is 0.337 e. The highest BCUT2D eigenvalue weighted by molar-refractivity contribution is 6.22. The number of hydrazine groups is 1. The van der Waals surface area contributed by atoms with Crippen LogP contribution in [0, 0.1) is 0 Å². The summed E-state index contributed by atoms with van der Waals surface area (Å²) in [6.45, 7) is 0. The quantitative estimate of drug-likeness (QED) is 0.446. The van der Waals surface area contributed by atoms with Gasteiger partial charge in [-0.25, -0.2) is 15.1 Å². The van der Waals surface area contributed by atoms with Gasteiger partial charge in [0, 0.05) is 18.0 Å². The summed E-state index contributed by atoms with van der Waals surface area (Å²) in [5, 5.41) is 0. The SMILES string of the molecule is COC(=O)c1ccc(N2C(=O)CC(NNC(=O)c3ccncc3)C2=O)cc1. The molecule has 1 fully saturated rings. The fourth-order valence-corrected chi connectivity index (χ4v) is 2.61. The minimum Gasteiger partial charge on any atom is -0.465 e. The van der Waals surface area contributed by atoms with Gasteiger partial charge in [-0.15, -0.1) is 0 Å². The van der Waals surface area contributed by atoms with Crippen LogP contribution < -0.4 is 15.8 Å². The van der Waals surface area contributed by atoms with Gasteiger partial charge < -0.3 is 4.74 Å². The van der Waals surface area contributed by atoms with Crippen LogP contribution in [-0.4, -0.2) is 41.8 Å². The van der Waals surface area contributed by atoms with E-state index in [4.69, 9.17) is 0 Å². The molecule has 3 rings (SSSR count). The summed E-state index contributed by atoms with van der Waals surface area (Å²) in [4.78, 5) is 53.1. The highest BCUT2D eigenvalue weighted by Gasteiger charge is 2.39. The number of hydrogen-bond donors (Lipinski definition) is 2. The van der Waals surface area contributed by atoms with Crippen molar-refractivity contribution in [2.24, 2.45) is 0 Å². The van der Waals surface area contributed by atoms with Gasteiger partial charge in [-0.05, 0) is 36.4 Å². The molecule has 1 aliphatic heterocycles. The van der Waals surface area contributed by atoms with Gasteiger partial charge >= 0.3 is 5.97 Å². The van der Waals surface area contributed by atoms with Gasteiger partial charge in [0.05, 0.1) is 24.8 Å². The van der Waals surface area contributed by atoms with Gasteiger partial charge in [-0.3, -0.25) is 24.8 Å². The smallest absolute Gasteiger partial charge is 0.337 e. The third kappa shape index (κ3) is 3.82. The molecule has 1 atom stereocenters. The molecule has 3 amide bonds. The van der Waals surface area contributed by atoms with Crippen molar-refractivity contribution in [3.8, 4) is 0 Å². The van der Waals surface area contributed by atoms with Gasteiger partial charge in [0.15, 0.2) is 0 Å². The molecular formula is C18H16N4O5. The molecule has 0 spiro atoms. The van der Waals surface area contributed by atoms with Gasteiger partial charge in [0.25, 0.3) is 11.8 Å². The van der Waals surface area contributed by atoms with Crippen molar-refractivity contribution in [1.29, 1.82) is 0 Å². The Balaban J connectivity index is 1.66. The topological polar surface area (TPSA) is 118 Å². The molecule has 1 saturated heterocycles. The van der Waals surface area contributed by atoms with Crippen molar-refractivity contribution >= 4 is 29.4 Å². The molecule has 138 valence electrons. The van der Waals surface area contributed by atoms with Crippen molar-refractivity contribution in [2.45, 2.75) is 12.5 Å². The number of ether oxygens (including phenoxy) is 1. The molecule has 9 heteroatoms. The predicted octanol–water partition coefficient (Wildman–Crippen LogP) is 0.435. The number of anilines is 1. The summed E-state index contributed by atoms with van der Waals surface area (Å²) in [5.74, 6) is -1.88. The molecule has 0 bridgehead atoms. The normalized spacial score (nSPS) is 16.3. The van der Waals surface area contributed by atoms with E-state index in [2.05, 4.69) is 20.6 Å². The second-order valence-corrected chi connectivity index (χ2v) is 5.70. The van der Waals surface area contributed by atoms with E-state index < -0.39 is 29.7 Å². The monoisotopic (exact) mass is 368 g/mol. The lowest BCUT2D eigenvalue weighted by Gasteiger charge is -2.16. The third-order valence-electron chi connectivity index (χ3n) is 4.00. The molecular weight excluding hydrogens is 352 g/mol. The maximum absolute atomic E-state index is 12.5. The first-order valence-electron chi connectivity index (χ1n) is 8.02. The zero-order chi connectivity index (χ0) is 19.4. The van der Waals surface area contributed by atoms with Gasteiger partial charge in [-0.2, -0.15) is 0 Å². The highest BCUT2D eigenvalue weighted by Crippen LogP contribution is 2.23. The molecule has 0 radical (unpaired) electrons. The lowest BCUT2D eigenvalue weighted by atomic mass is 10.2. The summed E-state index contributed by atoms with van der Waals surface area (Å²) >= 11 is 0. The largest absolute Gasteiger partial charge is 0.465 e. The summed E-state index contributed by atoms with van der Waals surface area (Å²) in [6, 6.07) is 8.06. The molecule has 0 saturated carbocycles. The van der Waals surface area contributed by atoms with E-state index in [1.54, 1.807) is 0 Å². The van der Waals surface area contributed by atoms with Gasteiger partial charge in [0.1, 0.15) is 6.04 Å². The van der Waals surface area contributed by atoms with Crippen molar-refractivity contribution in [3.05, 3.63) is 59.9 Å². The van der Waals surface area contributed by atoms with Crippen LogP contribution in [-0.2, 0) is 14.3 Å². The standard InChI is InChI=1S/C18H16N4O5/c1-27-18(26)12-2-4-13(5-3-12)22-15(23)10-14(17(22)25)20-21-16(24)11-6-8-19-9-7-11/h2-9,14,20H,10H2,1H3,(H,21,24). The molecule has 27 heavy (non-hydrogen) atoms. The Morgan fingerprint density at radius 2 is 1.74 bits per heavy atom. The van der Waals surface area contributed by atoms with Crippen LogP contribution in [0.2, 0.25) is 0 Å². The number of benzene rings is 1. The molecule has 1 aromatic carbocycles. The Morgan fingerprint density at radius 1 is 1.07 bits per heavy atom. The first-order valence-corrected chi connectivity index (χ1v) is 8.02. The lowest BCUT2D eigenvalue weighted by molar-refractivity contribution is -0.121. The number of carbonyl (C=O) groups is 4. The molecule has 1 unspecified atom stereocenters. The Morgan fingerprint density at radius 3 is 2.37 bits per heavy atom. The van der Waals surface area contributed by atoms with E-state index in [-0.39, 0.29) is 6.42 Å². The van der Waals surface area contributed by atoms with E-state index in [1.807, 2.05) is 0 Å². The second-order valence-electron chi connectivity index (χ2n) is 5.70. The minimum absolute atomic E-state index is 0.103. The molecule has 0 aliphatic carbocycles. The fraction of sp³-hybridized carbons (Fsp3) is 0.167. The predicted molar refractivity (Wildman–Crippen MR) is 93.5 cm³/mol. The average Bonchev–Trinajstić information content (AvgIpc) is 2.99. The zero-order valence-corrected chi connectivity index (χ0v) is 14.3. The molecule has 9 nitrogen and oxygen atoms in total. The van der Waals surface area contributed by atoms with Gasteiger partial charge in [0.2, 0.25) is 5.91 Å². The summed E-state index contributed by atoms with van der Waals surface area (Å²) in [7, 11) is 1.26. The minimum atomic E-state index is -0.886. The van der Waals surface area contributed by atoms with Crippen molar-refractivity contribution in [1.82, 2.24) is 15.8 Å². The van der Waals surface area contributed by atoms with Crippen LogP contribution in [0.3, 0.4) is 0 Å². The van der Waals surface area contributed by atoms with Crippen molar-refractivity contribution in [3.63, 3.8) is 0 Å². The molecule has 1 aliphatic rings. The Bertz CT molecular complexity index is 882. The zero-order valence-electron chi connectivity index (χ0n) is 14.3. The number of carbonyl (C=O) groups excluding carboxylic acids is 4. The number of methoxy groups -OCH3 is 1. The number of imide groups is 1. The van der Waals surface area contributed by atoms with Gasteiger partial charge in [-0.1, -0.05) is 0 Å². The van der Waals surface area contributed by atoms with Crippen LogP contribution in [0.1, 0.15) is 27.1 Å². The first-order chi connectivity index (χ1) is 13.0. The Kier molecular flexibility index (Phi) is 5.23. The summed E-state index contributed by atoms with van der Waals surface area (Å²) in [5.41, 5.74) is 6.02. The third-order valence-corrected chi connectivity index (χ3v) is 4.00. The Hall–Kier alpha value is -3.59. The molecule has 2 aromatic rings. The second kappa shape index (κ2) is 7.75. The number of pyridine rings is 1. The number of esters is 1. The van der Waals surface area contributed by atoms with Crippen LogP contribution in [0.15, 0.2) is 48.8 Å². The van der Waals surface area contributed by atoms with Crippen LogP contribution >= 0.6 is 0 Å². The van der Waals surface area contributed by atoms with Crippen molar-refractivity contribution < 1.29 is 23.9 Å². The van der Waals surface area contributed by atoms with E-state index in [0.717, 1.165) is 4.90 Å². The average molecular weight is 368 g/mol. The number of nitrogens with zero attached hydrogens (tertiary/aromatic N) is 2. The Labute approximate surface area is 154 Å². The van der Waals surface area contributed by atoms with E-state index in [9.17, 15) is 19.2 Å². The maximum atomic E-state index is 12.5. The molecule has 1 aromatic heterocycles. The van der Waals surface area contributed by atoms with E-state index in [1.165, 1.54) is 55.9 Å². The van der Waals surface area contributed by atoms with Crippen LogP contribution in [0.5, 0.6) is 0 Å². The van der Waals surface area contributed by atoms with Crippen LogP contribution in [0.25, 0.3) is 0 Å². The highest BCUT2D eigenvalue weighted by atomic mass is 16.5. The van der Waals surface area contributed by atoms with E-state index >= 15 is 0 Å². The first kappa shape index (κ1) is 18.2. The van der Waals surface area contributed by atoms with E-state index in [0.29, 0.717) is 16.8 Å².